The van der Waals surface area contributed by atoms with Crippen molar-refractivity contribution in [3.63, 3.8) is 0 Å². The van der Waals surface area contributed by atoms with Crippen molar-refractivity contribution in [1.82, 2.24) is 4.98 Å². The van der Waals surface area contributed by atoms with Crippen molar-refractivity contribution in [2.24, 2.45) is 0 Å². The van der Waals surface area contributed by atoms with E-state index < -0.39 is 35.2 Å². The van der Waals surface area contributed by atoms with E-state index in [1.807, 2.05) is 0 Å². The van der Waals surface area contributed by atoms with E-state index in [1.165, 1.54) is 6.07 Å². The molecule has 0 saturated heterocycles. The number of nitrogens with one attached hydrogen (secondary N) is 1. The van der Waals surface area contributed by atoms with Gasteiger partial charge in [-0.3, -0.25) is 4.79 Å². The molecule has 1 amide bonds. The van der Waals surface area contributed by atoms with E-state index in [9.17, 15) is 31.1 Å². The normalized spacial score (nSPS) is 12.1. The summed E-state index contributed by atoms with van der Waals surface area (Å²) < 4.78 is 75.3. The molecule has 1 N–H and O–H groups in total. The summed E-state index contributed by atoms with van der Waals surface area (Å²) in [5, 5.41) is 2.08. The average Bonchev–Trinajstić information content (AvgIpc) is 2.46. The van der Waals surface area contributed by atoms with Gasteiger partial charge >= 0.3 is 12.4 Å². The molecule has 2 aromatic rings. The lowest BCUT2D eigenvalue weighted by Crippen LogP contribution is -2.17. The largest absolute Gasteiger partial charge is 0.433 e. The maximum Gasteiger partial charge on any atom is 0.433 e. The lowest BCUT2D eigenvalue weighted by Gasteiger charge is -2.10. The SMILES string of the molecule is O=C(Nc1cccc(C(F)(F)F)c1)c1cccc(C(F)(F)F)n1. The highest BCUT2D eigenvalue weighted by Gasteiger charge is 2.33. The predicted octanol–water partition coefficient (Wildman–Crippen LogP) is 4.37. The molecule has 0 radical (unpaired) electrons. The summed E-state index contributed by atoms with van der Waals surface area (Å²) in [6.45, 7) is 0. The number of anilines is 1. The van der Waals surface area contributed by atoms with Gasteiger partial charge in [0.25, 0.3) is 5.91 Å². The minimum absolute atomic E-state index is 0.205. The molecule has 3 nitrogen and oxygen atoms in total. The number of amides is 1. The van der Waals surface area contributed by atoms with Crippen LogP contribution in [0.25, 0.3) is 0 Å². The van der Waals surface area contributed by atoms with Gasteiger partial charge in [0.05, 0.1) is 5.56 Å². The van der Waals surface area contributed by atoms with Gasteiger partial charge < -0.3 is 5.32 Å². The Labute approximate surface area is 126 Å². The van der Waals surface area contributed by atoms with Crippen molar-refractivity contribution in [3.05, 3.63) is 59.4 Å². The van der Waals surface area contributed by atoms with Gasteiger partial charge in [-0.1, -0.05) is 12.1 Å². The first-order valence-corrected chi connectivity index (χ1v) is 6.10. The Balaban J connectivity index is 2.23. The second-order valence-corrected chi connectivity index (χ2v) is 4.44. The molecule has 1 aromatic carbocycles. The van der Waals surface area contributed by atoms with E-state index >= 15 is 0 Å². The van der Waals surface area contributed by atoms with E-state index in [0.717, 1.165) is 24.3 Å². The van der Waals surface area contributed by atoms with Crippen LogP contribution in [0.15, 0.2) is 42.5 Å². The summed E-state index contributed by atoms with van der Waals surface area (Å²) in [4.78, 5) is 15.0. The third-order valence-corrected chi connectivity index (χ3v) is 2.72. The number of hydrogen-bond donors (Lipinski definition) is 1. The third-order valence-electron chi connectivity index (χ3n) is 2.72. The Morgan fingerprint density at radius 1 is 0.913 bits per heavy atom. The van der Waals surface area contributed by atoms with Crippen LogP contribution in [0.1, 0.15) is 21.7 Å². The quantitative estimate of drug-likeness (QED) is 0.829. The molecule has 0 fully saturated rings. The van der Waals surface area contributed by atoms with E-state index in [-0.39, 0.29) is 5.69 Å². The Morgan fingerprint density at radius 2 is 1.57 bits per heavy atom. The minimum atomic E-state index is -4.73. The van der Waals surface area contributed by atoms with Gasteiger partial charge in [-0.2, -0.15) is 26.3 Å². The number of rotatable bonds is 2. The summed E-state index contributed by atoms with van der Waals surface area (Å²) in [5.41, 5.74) is -3.03. The van der Waals surface area contributed by atoms with Gasteiger partial charge in [0.1, 0.15) is 11.4 Å². The molecule has 0 aliphatic carbocycles. The van der Waals surface area contributed by atoms with Crippen LogP contribution < -0.4 is 5.32 Å². The zero-order chi connectivity index (χ0) is 17.3. The summed E-state index contributed by atoms with van der Waals surface area (Å²) >= 11 is 0. The zero-order valence-corrected chi connectivity index (χ0v) is 11.2. The first kappa shape index (κ1) is 16.8. The van der Waals surface area contributed by atoms with Crippen LogP contribution in [0.4, 0.5) is 32.0 Å². The molecule has 0 saturated carbocycles. The van der Waals surface area contributed by atoms with Crippen molar-refractivity contribution >= 4 is 11.6 Å². The van der Waals surface area contributed by atoms with Crippen molar-refractivity contribution in [2.75, 3.05) is 5.32 Å². The fraction of sp³-hybridized carbons (Fsp3) is 0.143. The first-order valence-electron chi connectivity index (χ1n) is 6.10. The number of pyridine rings is 1. The van der Waals surface area contributed by atoms with Crippen molar-refractivity contribution < 1.29 is 31.1 Å². The molecular weight excluding hydrogens is 326 g/mol. The molecule has 0 aliphatic heterocycles. The molecule has 0 bridgehead atoms. The molecular formula is C14H8F6N2O. The highest BCUT2D eigenvalue weighted by atomic mass is 19.4. The maximum absolute atomic E-state index is 12.6. The van der Waals surface area contributed by atoms with Gasteiger partial charge in [-0.05, 0) is 30.3 Å². The van der Waals surface area contributed by atoms with E-state index in [2.05, 4.69) is 10.3 Å². The van der Waals surface area contributed by atoms with Gasteiger partial charge in [0.15, 0.2) is 0 Å². The number of hydrogen-bond acceptors (Lipinski definition) is 2. The molecule has 1 aromatic heterocycles. The molecule has 0 unspecified atom stereocenters. The standard InChI is InChI=1S/C14H8F6N2O/c15-13(16,17)8-3-1-4-9(7-8)21-12(23)10-5-2-6-11(22-10)14(18,19)20/h1-7H,(H,21,23). The molecule has 0 spiro atoms. The fourth-order valence-corrected chi connectivity index (χ4v) is 1.69. The average molecular weight is 334 g/mol. The number of carbonyl (C=O) groups is 1. The Kier molecular flexibility index (Phi) is 4.31. The number of aromatic nitrogens is 1. The van der Waals surface area contributed by atoms with Crippen molar-refractivity contribution in [3.8, 4) is 0 Å². The highest BCUT2D eigenvalue weighted by Crippen LogP contribution is 2.31. The summed E-state index contributed by atoms with van der Waals surface area (Å²) in [5.74, 6) is -1.05. The van der Waals surface area contributed by atoms with Crippen LogP contribution in [0.2, 0.25) is 0 Å². The van der Waals surface area contributed by atoms with Crippen molar-refractivity contribution in [1.29, 1.82) is 0 Å². The molecule has 2 rings (SSSR count). The van der Waals surface area contributed by atoms with Crippen LogP contribution in [0, 0.1) is 0 Å². The second-order valence-electron chi connectivity index (χ2n) is 4.44. The molecule has 9 heteroatoms. The van der Waals surface area contributed by atoms with Crippen LogP contribution in [-0.2, 0) is 12.4 Å². The summed E-state index contributed by atoms with van der Waals surface area (Å²) in [7, 11) is 0. The topological polar surface area (TPSA) is 42.0 Å². The smallest absolute Gasteiger partial charge is 0.321 e. The molecule has 0 aliphatic rings. The van der Waals surface area contributed by atoms with Crippen LogP contribution >= 0.6 is 0 Å². The number of carbonyl (C=O) groups excluding carboxylic acids is 1. The van der Waals surface area contributed by atoms with Gasteiger partial charge in [0, 0.05) is 5.69 Å². The van der Waals surface area contributed by atoms with Gasteiger partial charge in [-0.15, -0.1) is 0 Å². The van der Waals surface area contributed by atoms with E-state index in [0.29, 0.717) is 12.1 Å². The molecule has 0 atom stereocenters. The lowest BCUT2D eigenvalue weighted by molar-refractivity contribution is -0.141. The Morgan fingerprint density at radius 3 is 2.17 bits per heavy atom. The Bertz CT molecular complexity index is 724. The third kappa shape index (κ3) is 4.21. The zero-order valence-electron chi connectivity index (χ0n) is 11.2. The first-order chi connectivity index (χ1) is 10.6. The number of nitrogens with zero attached hydrogens (tertiary/aromatic N) is 1. The number of alkyl halides is 6. The minimum Gasteiger partial charge on any atom is -0.321 e. The van der Waals surface area contributed by atoms with Gasteiger partial charge in [0.2, 0.25) is 0 Å². The van der Waals surface area contributed by atoms with Crippen LogP contribution in [0.5, 0.6) is 0 Å². The molecule has 122 valence electrons. The molecule has 1 heterocycles. The number of benzene rings is 1. The number of halogens is 6. The summed E-state index contributed by atoms with van der Waals surface area (Å²) in [6, 6.07) is 6.42. The Hall–Kier alpha value is -2.58. The second kappa shape index (κ2) is 5.90. The fourth-order valence-electron chi connectivity index (χ4n) is 1.69. The van der Waals surface area contributed by atoms with Crippen LogP contribution in [-0.4, -0.2) is 10.9 Å². The lowest BCUT2D eigenvalue weighted by atomic mass is 10.2. The van der Waals surface area contributed by atoms with Crippen LogP contribution in [0.3, 0.4) is 0 Å². The molecule has 23 heavy (non-hydrogen) atoms. The maximum atomic E-state index is 12.6. The predicted molar refractivity (Wildman–Crippen MR) is 68.6 cm³/mol. The summed E-state index contributed by atoms with van der Waals surface area (Å²) in [6.07, 6.45) is -9.33. The van der Waals surface area contributed by atoms with Crippen molar-refractivity contribution in [2.45, 2.75) is 12.4 Å². The van der Waals surface area contributed by atoms with E-state index in [1.54, 1.807) is 0 Å². The monoisotopic (exact) mass is 334 g/mol. The van der Waals surface area contributed by atoms with Gasteiger partial charge in [-0.25, -0.2) is 4.98 Å². The van der Waals surface area contributed by atoms with E-state index in [4.69, 9.17) is 0 Å². The highest BCUT2D eigenvalue weighted by molar-refractivity contribution is 6.02.